The largest absolute Gasteiger partial charge is 0.337 e. The maximum atomic E-state index is 13.2. The minimum absolute atomic E-state index is 0.146. The van der Waals surface area contributed by atoms with Gasteiger partial charge in [0, 0.05) is 55.9 Å². The van der Waals surface area contributed by atoms with Crippen LogP contribution in [-0.4, -0.2) is 72.0 Å². The van der Waals surface area contributed by atoms with Crippen LogP contribution < -0.4 is 15.5 Å². The molecule has 5 heterocycles. The Hall–Kier alpha value is -4.55. The molecule has 1 saturated heterocycles. The quantitative estimate of drug-likeness (QED) is 0.364. The molecule has 4 aromatic heterocycles. The highest BCUT2D eigenvalue weighted by Gasteiger charge is 2.24. The van der Waals surface area contributed by atoms with Gasteiger partial charge in [-0.15, -0.1) is 0 Å². The van der Waals surface area contributed by atoms with Crippen LogP contribution in [0.15, 0.2) is 42.9 Å². The van der Waals surface area contributed by atoms with Crippen LogP contribution in [0.25, 0.3) is 5.82 Å². The van der Waals surface area contributed by atoms with Gasteiger partial charge in [0.25, 0.3) is 0 Å². The van der Waals surface area contributed by atoms with Gasteiger partial charge in [-0.25, -0.2) is 23.8 Å². The van der Waals surface area contributed by atoms with Crippen LogP contribution in [0, 0.1) is 19.7 Å². The molecule has 0 radical (unpaired) electrons. The molecule has 37 heavy (non-hydrogen) atoms. The van der Waals surface area contributed by atoms with E-state index in [0.29, 0.717) is 49.6 Å². The van der Waals surface area contributed by atoms with E-state index in [9.17, 15) is 9.18 Å². The maximum Gasteiger partial charge on any atom is 0.317 e. The molecule has 0 spiro atoms. The summed E-state index contributed by atoms with van der Waals surface area (Å²) >= 11 is 0. The number of carbonyl (C=O) groups excluding carboxylic acids is 1. The van der Waals surface area contributed by atoms with Crippen molar-refractivity contribution in [3.05, 3.63) is 65.6 Å². The third-order valence-electron chi connectivity index (χ3n) is 6.05. The number of halogens is 1. The smallest absolute Gasteiger partial charge is 0.317 e. The molecule has 0 aromatic carbocycles. The summed E-state index contributed by atoms with van der Waals surface area (Å²) in [5.41, 5.74) is 2.63. The van der Waals surface area contributed by atoms with Crippen molar-refractivity contribution in [1.82, 2.24) is 45.1 Å². The Kier molecular flexibility index (Phi) is 6.66. The minimum atomic E-state index is -0.429. The van der Waals surface area contributed by atoms with Crippen molar-refractivity contribution in [2.45, 2.75) is 26.8 Å². The molecule has 192 valence electrons. The second-order valence-corrected chi connectivity index (χ2v) is 8.95. The zero-order valence-electron chi connectivity index (χ0n) is 20.8. The molecular weight excluding hydrogens is 477 g/mol. The standard InChI is InChI=1S/C24H28FN11O/c1-15-10-20(30-21-11-16(2)32-33-21)31-23(28-15)34-6-8-35(9-7-34)24(37)29-17(3)18-4-5-22(26-12-18)36-14-19(25)13-27-36/h4-5,10-14,17H,6-9H2,1-3H3,(H,29,37)(H2,28,30,31,32,33). The van der Waals surface area contributed by atoms with Crippen molar-refractivity contribution >= 4 is 23.6 Å². The molecule has 2 amide bonds. The number of urea groups is 1. The maximum absolute atomic E-state index is 13.2. The van der Waals surface area contributed by atoms with Crippen molar-refractivity contribution in [3.63, 3.8) is 0 Å². The molecule has 1 aliphatic heterocycles. The Morgan fingerprint density at radius 1 is 1.08 bits per heavy atom. The average Bonchev–Trinajstić information content (AvgIpc) is 3.51. The van der Waals surface area contributed by atoms with Gasteiger partial charge >= 0.3 is 6.03 Å². The first-order valence-electron chi connectivity index (χ1n) is 12.0. The molecule has 5 rings (SSSR count). The number of hydrogen-bond acceptors (Lipinski definition) is 8. The number of aryl methyl sites for hydroxylation is 2. The number of H-pyrrole nitrogens is 1. The molecular formula is C24H28FN11O. The van der Waals surface area contributed by atoms with Gasteiger partial charge in [-0.05, 0) is 32.4 Å². The third kappa shape index (κ3) is 5.66. The number of nitrogens with zero attached hydrogens (tertiary/aromatic N) is 8. The number of aromatic nitrogens is 7. The van der Waals surface area contributed by atoms with E-state index in [2.05, 4.69) is 45.8 Å². The van der Waals surface area contributed by atoms with Gasteiger partial charge in [0.1, 0.15) is 5.82 Å². The molecule has 0 aliphatic carbocycles. The monoisotopic (exact) mass is 505 g/mol. The van der Waals surface area contributed by atoms with E-state index in [4.69, 9.17) is 0 Å². The van der Waals surface area contributed by atoms with E-state index in [-0.39, 0.29) is 12.1 Å². The van der Waals surface area contributed by atoms with E-state index < -0.39 is 5.82 Å². The molecule has 0 saturated carbocycles. The van der Waals surface area contributed by atoms with Crippen LogP contribution >= 0.6 is 0 Å². The SMILES string of the molecule is Cc1cc(Nc2cc(C)[nH]n2)nc(N2CCN(C(=O)NC(C)c3ccc(-n4cc(F)cn4)nc3)CC2)n1. The minimum Gasteiger partial charge on any atom is -0.337 e. The summed E-state index contributed by atoms with van der Waals surface area (Å²) in [6.45, 7) is 8.06. The van der Waals surface area contributed by atoms with Crippen LogP contribution in [0.3, 0.4) is 0 Å². The van der Waals surface area contributed by atoms with Gasteiger partial charge in [-0.1, -0.05) is 6.07 Å². The summed E-state index contributed by atoms with van der Waals surface area (Å²) < 4.78 is 14.6. The summed E-state index contributed by atoms with van der Waals surface area (Å²) in [5.74, 6) is 2.05. The van der Waals surface area contributed by atoms with Crippen LogP contribution in [-0.2, 0) is 0 Å². The number of rotatable bonds is 6. The normalized spacial score (nSPS) is 14.5. The van der Waals surface area contributed by atoms with Crippen molar-refractivity contribution < 1.29 is 9.18 Å². The number of nitrogens with one attached hydrogen (secondary N) is 3. The molecule has 13 heteroatoms. The van der Waals surface area contributed by atoms with Gasteiger partial charge in [0.05, 0.1) is 18.4 Å². The molecule has 4 aromatic rings. The lowest BCUT2D eigenvalue weighted by molar-refractivity contribution is 0.191. The van der Waals surface area contributed by atoms with Crippen LogP contribution in [0.1, 0.15) is 29.9 Å². The number of pyridine rings is 1. The lowest BCUT2D eigenvalue weighted by atomic mass is 10.1. The number of aromatic amines is 1. The van der Waals surface area contributed by atoms with Gasteiger partial charge in [0.15, 0.2) is 17.5 Å². The lowest BCUT2D eigenvalue weighted by Gasteiger charge is -2.35. The topological polar surface area (TPSA) is 133 Å². The highest BCUT2D eigenvalue weighted by atomic mass is 19.1. The van der Waals surface area contributed by atoms with Gasteiger partial charge < -0.3 is 20.4 Å². The Bertz CT molecular complexity index is 1380. The molecule has 1 atom stereocenters. The average molecular weight is 506 g/mol. The van der Waals surface area contributed by atoms with Crippen molar-refractivity contribution in [2.24, 2.45) is 0 Å². The summed E-state index contributed by atoms with van der Waals surface area (Å²) in [7, 11) is 0. The first kappa shape index (κ1) is 24.2. The predicted molar refractivity (Wildman–Crippen MR) is 135 cm³/mol. The molecule has 12 nitrogen and oxygen atoms in total. The van der Waals surface area contributed by atoms with E-state index in [1.54, 1.807) is 17.2 Å². The van der Waals surface area contributed by atoms with Crippen molar-refractivity contribution in [1.29, 1.82) is 0 Å². The number of hydrogen-bond donors (Lipinski definition) is 3. The Morgan fingerprint density at radius 3 is 2.54 bits per heavy atom. The Morgan fingerprint density at radius 2 is 1.89 bits per heavy atom. The first-order chi connectivity index (χ1) is 17.8. The number of anilines is 3. The van der Waals surface area contributed by atoms with E-state index >= 15 is 0 Å². The van der Waals surface area contributed by atoms with Crippen LogP contribution in [0.5, 0.6) is 0 Å². The van der Waals surface area contributed by atoms with Crippen LogP contribution in [0.2, 0.25) is 0 Å². The molecule has 1 aliphatic rings. The van der Waals surface area contributed by atoms with Gasteiger partial charge in [-0.2, -0.15) is 15.2 Å². The summed E-state index contributed by atoms with van der Waals surface area (Å²) in [5, 5.41) is 17.2. The lowest BCUT2D eigenvalue weighted by Crippen LogP contribution is -2.52. The predicted octanol–water partition coefficient (Wildman–Crippen LogP) is 2.87. The molecule has 3 N–H and O–H groups in total. The second kappa shape index (κ2) is 10.2. The van der Waals surface area contributed by atoms with Crippen LogP contribution in [0.4, 0.5) is 26.8 Å². The van der Waals surface area contributed by atoms with E-state index in [1.165, 1.54) is 10.9 Å². The zero-order valence-corrected chi connectivity index (χ0v) is 20.8. The number of carbonyl (C=O) groups is 1. The fourth-order valence-corrected chi connectivity index (χ4v) is 4.06. The van der Waals surface area contributed by atoms with E-state index in [0.717, 1.165) is 23.1 Å². The Balaban J connectivity index is 1.16. The number of amides is 2. The van der Waals surface area contributed by atoms with Crippen molar-refractivity contribution in [2.75, 3.05) is 36.4 Å². The zero-order chi connectivity index (χ0) is 25.9. The van der Waals surface area contributed by atoms with Gasteiger partial charge in [-0.3, -0.25) is 5.10 Å². The third-order valence-corrected chi connectivity index (χ3v) is 6.05. The summed E-state index contributed by atoms with van der Waals surface area (Å²) in [6.07, 6.45) is 4.04. The highest BCUT2D eigenvalue weighted by molar-refractivity contribution is 5.75. The first-order valence-corrected chi connectivity index (χ1v) is 12.0. The molecule has 1 unspecified atom stereocenters. The molecule has 1 fully saturated rings. The highest BCUT2D eigenvalue weighted by Crippen LogP contribution is 2.19. The molecule has 0 bridgehead atoms. The number of piperazine rings is 1. The van der Waals surface area contributed by atoms with Gasteiger partial charge in [0.2, 0.25) is 5.95 Å². The Labute approximate surface area is 212 Å². The fourth-order valence-electron chi connectivity index (χ4n) is 4.06. The van der Waals surface area contributed by atoms with E-state index in [1.807, 2.05) is 39.0 Å². The summed E-state index contributed by atoms with van der Waals surface area (Å²) in [6, 6.07) is 6.96. The van der Waals surface area contributed by atoms with Crippen molar-refractivity contribution in [3.8, 4) is 5.82 Å². The second-order valence-electron chi connectivity index (χ2n) is 8.95. The fraction of sp³-hybridized carbons (Fsp3) is 0.333. The summed E-state index contributed by atoms with van der Waals surface area (Å²) in [4.78, 5) is 30.3.